The maximum Gasteiger partial charge on any atom is 0.255 e. The van der Waals surface area contributed by atoms with Gasteiger partial charge < -0.3 is 14.8 Å². The molecule has 27 heavy (non-hydrogen) atoms. The lowest BCUT2D eigenvalue weighted by Gasteiger charge is -2.16. The van der Waals surface area contributed by atoms with E-state index in [9.17, 15) is 4.79 Å². The first-order valence-electron chi connectivity index (χ1n) is 8.96. The highest BCUT2D eigenvalue weighted by molar-refractivity contribution is 6.04. The molecule has 1 N–H and O–H groups in total. The maximum atomic E-state index is 12.4. The van der Waals surface area contributed by atoms with E-state index in [2.05, 4.69) is 12.2 Å². The smallest absolute Gasteiger partial charge is 0.255 e. The van der Waals surface area contributed by atoms with Crippen LogP contribution >= 0.6 is 0 Å². The normalized spacial score (nSPS) is 17.7. The molecule has 0 bridgehead atoms. The molecule has 4 rings (SSSR count). The lowest BCUT2D eigenvalue weighted by Crippen LogP contribution is -2.11. The summed E-state index contributed by atoms with van der Waals surface area (Å²) in [5.41, 5.74) is 3.61. The van der Waals surface area contributed by atoms with Crippen LogP contribution in [-0.2, 0) is 0 Å². The molecule has 3 aromatic rings. The van der Waals surface area contributed by atoms with Crippen LogP contribution < -0.4 is 14.8 Å². The van der Waals surface area contributed by atoms with E-state index in [1.807, 2.05) is 60.7 Å². The van der Waals surface area contributed by atoms with Crippen LogP contribution in [0.3, 0.4) is 0 Å². The van der Waals surface area contributed by atoms with Crippen molar-refractivity contribution in [1.29, 1.82) is 0 Å². The zero-order valence-electron chi connectivity index (χ0n) is 15.3. The average Bonchev–Trinajstić information content (AvgIpc) is 3.05. The van der Waals surface area contributed by atoms with Gasteiger partial charge in [-0.3, -0.25) is 4.79 Å². The zero-order valence-corrected chi connectivity index (χ0v) is 15.3. The molecule has 2 atom stereocenters. The third-order valence-electron chi connectivity index (χ3n) is 4.95. The Morgan fingerprint density at radius 1 is 1.00 bits per heavy atom. The van der Waals surface area contributed by atoms with Gasteiger partial charge in [-0.25, -0.2) is 0 Å². The SMILES string of the molecule is COc1ccc([C@H]2Oc3ccc(NC(=O)c4ccccc4)cc3[C@@H]2C)cc1. The second-order valence-corrected chi connectivity index (χ2v) is 6.67. The molecule has 1 heterocycles. The zero-order chi connectivity index (χ0) is 18.8. The number of benzene rings is 3. The van der Waals surface area contributed by atoms with Crippen molar-refractivity contribution in [3.63, 3.8) is 0 Å². The molecule has 0 saturated carbocycles. The standard InChI is InChI=1S/C23H21NO3/c1-15-20-14-18(24-23(25)17-6-4-3-5-7-17)10-13-21(20)27-22(15)16-8-11-19(26-2)12-9-16/h3-15,22H,1-2H3,(H,24,25)/t15-,22-/m0/s1. The van der Waals surface area contributed by atoms with Crippen molar-refractivity contribution in [3.05, 3.63) is 89.5 Å². The third-order valence-corrected chi connectivity index (χ3v) is 4.95. The summed E-state index contributed by atoms with van der Waals surface area (Å²) in [6.45, 7) is 2.14. The number of rotatable bonds is 4. The molecular weight excluding hydrogens is 338 g/mol. The van der Waals surface area contributed by atoms with E-state index < -0.39 is 0 Å². The number of hydrogen-bond acceptors (Lipinski definition) is 3. The quantitative estimate of drug-likeness (QED) is 0.698. The molecule has 1 aliphatic rings. The van der Waals surface area contributed by atoms with Gasteiger partial charge in [0.25, 0.3) is 5.91 Å². The molecule has 0 radical (unpaired) electrons. The summed E-state index contributed by atoms with van der Waals surface area (Å²) in [5, 5.41) is 2.97. The molecule has 3 aromatic carbocycles. The van der Waals surface area contributed by atoms with Crippen LogP contribution in [0, 0.1) is 0 Å². The predicted molar refractivity (Wildman–Crippen MR) is 106 cm³/mol. The lowest BCUT2D eigenvalue weighted by atomic mass is 9.92. The highest BCUT2D eigenvalue weighted by atomic mass is 16.5. The Kier molecular flexibility index (Phi) is 4.55. The molecule has 136 valence electrons. The summed E-state index contributed by atoms with van der Waals surface area (Å²) in [6.07, 6.45) is -0.0500. The van der Waals surface area contributed by atoms with Gasteiger partial charge >= 0.3 is 0 Å². The summed E-state index contributed by atoms with van der Waals surface area (Å²) >= 11 is 0. The summed E-state index contributed by atoms with van der Waals surface area (Å²) in [7, 11) is 1.66. The van der Waals surface area contributed by atoms with E-state index in [-0.39, 0.29) is 17.9 Å². The summed E-state index contributed by atoms with van der Waals surface area (Å²) < 4.78 is 11.4. The first-order chi connectivity index (χ1) is 13.2. The van der Waals surface area contributed by atoms with Crippen LogP contribution in [0.15, 0.2) is 72.8 Å². The molecule has 0 aliphatic carbocycles. The topological polar surface area (TPSA) is 47.6 Å². The number of amides is 1. The number of ether oxygens (including phenoxy) is 2. The highest BCUT2D eigenvalue weighted by Crippen LogP contribution is 2.46. The maximum absolute atomic E-state index is 12.4. The number of fused-ring (bicyclic) bond motifs is 1. The van der Waals surface area contributed by atoms with Gasteiger partial charge in [0, 0.05) is 22.7 Å². The van der Waals surface area contributed by atoms with E-state index in [0.29, 0.717) is 5.56 Å². The van der Waals surface area contributed by atoms with Crippen molar-refractivity contribution in [2.75, 3.05) is 12.4 Å². The van der Waals surface area contributed by atoms with Crippen LogP contribution in [0.2, 0.25) is 0 Å². The third kappa shape index (κ3) is 3.38. The van der Waals surface area contributed by atoms with Gasteiger partial charge in [-0.1, -0.05) is 37.3 Å². The molecular formula is C23H21NO3. The van der Waals surface area contributed by atoms with Crippen molar-refractivity contribution < 1.29 is 14.3 Å². The Labute approximate surface area is 158 Å². The molecule has 0 fully saturated rings. The molecule has 1 amide bonds. The molecule has 1 aliphatic heterocycles. The van der Waals surface area contributed by atoms with Crippen LogP contribution in [-0.4, -0.2) is 13.0 Å². The van der Waals surface area contributed by atoms with Gasteiger partial charge in [-0.05, 0) is 48.0 Å². The molecule has 0 unspecified atom stereocenters. The number of anilines is 1. The number of methoxy groups -OCH3 is 1. The monoisotopic (exact) mass is 359 g/mol. The highest BCUT2D eigenvalue weighted by Gasteiger charge is 2.32. The molecule has 4 nitrogen and oxygen atoms in total. The fraction of sp³-hybridized carbons (Fsp3) is 0.174. The van der Waals surface area contributed by atoms with Gasteiger partial charge in [0.2, 0.25) is 0 Å². The number of hydrogen-bond donors (Lipinski definition) is 1. The first-order valence-corrected chi connectivity index (χ1v) is 8.96. The second kappa shape index (κ2) is 7.16. The van der Waals surface area contributed by atoms with Crippen LogP contribution in [0.1, 0.15) is 40.4 Å². The Bertz CT molecular complexity index is 951. The molecule has 0 aromatic heterocycles. The van der Waals surface area contributed by atoms with Gasteiger partial charge in [0.05, 0.1) is 7.11 Å². The first kappa shape index (κ1) is 17.2. The van der Waals surface area contributed by atoms with Gasteiger partial charge in [-0.15, -0.1) is 0 Å². The Hall–Kier alpha value is -3.27. The number of carbonyl (C=O) groups excluding carboxylic acids is 1. The minimum absolute atomic E-state index is 0.0500. The molecule has 0 saturated heterocycles. The largest absolute Gasteiger partial charge is 0.497 e. The van der Waals surface area contributed by atoms with E-state index in [1.54, 1.807) is 19.2 Å². The Morgan fingerprint density at radius 2 is 1.74 bits per heavy atom. The summed E-state index contributed by atoms with van der Waals surface area (Å²) in [5.74, 6) is 1.75. The van der Waals surface area contributed by atoms with Crippen molar-refractivity contribution >= 4 is 11.6 Å². The van der Waals surface area contributed by atoms with Gasteiger partial charge in [0.1, 0.15) is 17.6 Å². The van der Waals surface area contributed by atoms with Crippen molar-refractivity contribution in [2.24, 2.45) is 0 Å². The molecule has 4 heteroatoms. The summed E-state index contributed by atoms with van der Waals surface area (Å²) in [6, 6.07) is 23.0. The number of nitrogens with one attached hydrogen (secondary N) is 1. The number of carbonyl (C=O) groups is 1. The average molecular weight is 359 g/mol. The Morgan fingerprint density at radius 3 is 2.44 bits per heavy atom. The van der Waals surface area contributed by atoms with E-state index in [1.165, 1.54) is 0 Å². The molecule has 0 spiro atoms. The second-order valence-electron chi connectivity index (χ2n) is 6.67. The van der Waals surface area contributed by atoms with Crippen molar-refractivity contribution in [2.45, 2.75) is 18.9 Å². The fourth-order valence-corrected chi connectivity index (χ4v) is 3.43. The minimum atomic E-state index is -0.117. The fourth-order valence-electron chi connectivity index (χ4n) is 3.43. The van der Waals surface area contributed by atoms with Crippen LogP contribution in [0.4, 0.5) is 5.69 Å². The lowest BCUT2D eigenvalue weighted by molar-refractivity contribution is 0.102. The van der Waals surface area contributed by atoms with Crippen molar-refractivity contribution in [1.82, 2.24) is 0 Å². The Balaban J connectivity index is 1.54. The van der Waals surface area contributed by atoms with Gasteiger partial charge in [-0.2, -0.15) is 0 Å². The van der Waals surface area contributed by atoms with Crippen LogP contribution in [0.5, 0.6) is 11.5 Å². The summed E-state index contributed by atoms with van der Waals surface area (Å²) in [4.78, 5) is 12.4. The van der Waals surface area contributed by atoms with E-state index >= 15 is 0 Å². The minimum Gasteiger partial charge on any atom is -0.497 e. The van der Waals surface area contributed by atoms with Crippen LogP contribution in [0.25, 0.3) is 0 Å². The van der Waals surface area contributed by atoms with E-state index in [0.717, 1.165) is 28.3 Å². The predicted octanol–water partition coefficient (Wildman–Crippen LogP) is 5.18. The van der Waals surface area contributed by atoms with Gasteiger partial charge in [0.15, 0.2) is 0 Å². The van der Waals surface area contributed by atoms with E-state index in [4.69, 9.17) is 9.47 Å². The van der Waals surface area contributed by atoms with Crippen molar-refractivity contribution in [3.8, 4) is 11.5 Å².